The first-order chi connectivity index (χ1) is 17.7. The number of carbonyl (C=O) groups excluding carboxylic acids is 2. The van der Waals surface area contributed by atoms with Crippen LogP contribution in [0.1, 0.15) is 19.3 Å². The number of hydrogen-bond acceptors (Lipinski definition) is 9. The Labute approximate surface area is 212 Å². The van der Waals surface area contributed by atoms with Crippen molar-refractivity contribution in [3.63, 3.8) is 0 Å². The average Bonchev–Trinajstić information content (AvgIpc) is 3.23. The zero-order valence-electron chi connectivity index (χ0n) is 19.3. The molecule has 1 aliphatic rings. The zero-order chi connectivity index (χ0) is 31.0. The summed E-state index contributed by atoms with van der Waals surface area (Å²) in [4.78, 5) is 57.9. The number of primary amides is 1. The molecule has 0 radical (unpaired) electrons. The number of hydrazine groups is 1. The Balaban J connectivity index is 0. The second-order valence-electron chi connectivity index (χ2n) is 6.90. The number of nitrogens with zero attached hydrogens (tertiary/aromatic N) is 5. The van der Waals surface area contributed by atoms with Crippen LogP contribution in [-0.4, -0.2) is 88.5 Å². The molecule has 0 unspecified atom stereocenters. The summed E-state index contributed by atoms with van der Waals surface area (Å²) in [5, 5.41) is 32.5. The van der Waals surface area contributed by atoms with Gasteiger partial charge in [-0.1, -0.05) is 10.5 Å². The van der Waals surface area contributed by atoms with Gasteiger partial charge in [0.25, 0.3) is 5.96 Å². The van der Waals surface area contributed by atoms with E-state index < -0.39 is 53.2 Å². The third kappa shape index (κ3) is 18.3. The van der Waals surface area contributed by atoms with Crippen molar-refractivity contribution in [2.24, 2.45) is 21.6 Å². The van der Waals surface area contributed by atoms with Crippen molar-refractivity contribution in [2.45, 2.75) is 49.7 Å². The van der Waals surface area contributed by atoms with Gasteiger partial charge in [0.2, 0.25) is 11.8 Å². The highest BCUT2D eigenvalue weighted by molar-refractivity contribution is 5.89. The van der Waals surface area contributed by atoms with Gasteiger partial charge in [0.05, 0.1) is 12.1 Å². The van der Waals surface area contributed by atoms with Gasteiger partial charge >= 0.3 is 24.3 Å². The van der Waals surface area contributed by atoms with Crippen molar-refractivity contribution in [2.75, 3.05) is 13.1 Å². The third-order valence-corrected chi connectivity index (χ3v) is 3.92. The van der Waals surface area contributed by atoms with E-state index in [0.717, 1.165) is 0 Å². The Morgan fingerprint density at radius 1 is 1.13 bits per heavy atom. The summed E-state index contributed by atoms with van der Waals surface area (Å²) >= 11 is 0. The van der Waals surface area contributed by atoms with E-state index in [-0.39, 0.29) is 25.0 Å². The molecule has 1 heterocycles. The Morgan fingerprint density at radius 3 is 2.00 bits per heavy atom. The minimum atomic E-state index is -5.08. The number of aliphatic carboxylic acids is 2. The van der Waals surface area contributed by atoms with E-state index in [1.54, 1.807) is 5.43 Å². The number of azide groups is 1. The Hall–Kier alpha value is -4.60. The lowest BCUT2D eigenvalue weighted by molar-refractivity contribution is -0.525. The van der Waals surface area contributed by atoms with Gasteiger partial charge in [0.15, 0.2) is 5.03 Å². The number of aliphatic imine (C=N–C) groups is 1. The van der Waals surface area contributed by atoms with Crippen LogP contribution < -0.4 is 27.5 Å². The van der Waals surface area contributed by atoms with Crippen LogP contribution in [0, 0.1) is 10.1 Å². The van der Waals surface area contributed by atoms with Gasteiger partial charge in [-0.25, -0.2) is 24.7 Å². The number of guanidine groups is 1. The molecule has 1 aliphatic heterocycles. The smallest absolute Gasteiger partial charge is 0.475 e. The maximum Gasteiger partial charge on any atom is 0.490 e. The minimum Gasteiger partial charge on any atom is -0.475 e. The Kier molecular flexibility index (Phi) is 15.9. The summed E-state index contributed by atoms with van der Waals surface area (Å²) in [7, 11) is 0. The number of carbonyl (C=O) groups is 4. The predicted octanol–water partition coefficient (Wildman–Crippen LogP) is -0.860. The van der Waals surface area contributed by atoms with Gasteiger partial charge in [0.1, 0.15) is 6.04 Å². The third-order valence-electron chi connectivity index (χ3n) is 3.92. The second-order valence-corrected chi connectivity index (χ2v) is 6.90. The molecule has 2 amide bonds. The van der Waals surface area contributed by atoms with E-state index in [0.29, 0.717) is 19.4 Å². The highest BCUT2D eigenvalue weighted by Gasteiger charge is 2.39. The van der Waals surface area contributed by atoms with E-state index in [1.807, 2.05) is 0 Å². The Morgan fingerprint density at radius 2 is 1.62 bits per heavy atom. The number of nitrogens with one attached hydrogen (secondary N) is 3. The predicted molar refractivity (Wildman–Crippen MR) is 114 cm³/mol. The number of halogens is 6. The van der Waals surface area contributed by atoms with Crippen molar-refractivity contribution >= 4 is 29.7 Å². The normalized spacial score (nSPS) is 17.5. The van der Waals surface area contributed by atoms with Gasteiger partial charge < -0.3 is 32.3 Å². The van der Waals surface area contributed by atoms with Gasteiger partial charge in [-0.3, -0.25) is 9.59 Å². The van der Waals surface area contributed by atoms with E-state index >= 15 is 0 Å². The quantitative estimate of drug-likeness (QED) is 0.0201. The number of nitro groups is 1. The molecule has 0 spiro atoms. The number of alkyl halides is 6. The van der Waals surface area contributed by atoms with Gasteiger partial charge in [0, 0.05) is 18.0 Å². The molecule has 222 valence electrons. The van der Waals surface area contributed by atoms with Crippen LogP contribution in [0.25, 0.3) is 10.4 Å². The van der Waals surface area contributed by atoms with Crippen molar-refractivity contribution < 1.29 is 60.8 Å². The van der Waals surface area contributed by atoms with Crippen LogP contribution in [0.15, 0.2) is 10.1 Å². The summed E-state index contributed by atoms with van der Waals surface area (Å²) in [6.07, 6.45) is -9.31. The summed E-state index contributed by atoms with van der Waals surface area (Å²) in [6.45, 7) is 0.494. The van der Waals surface area contributed by atoms with E-state index in [2.05, 4.69) is 25.7 Å². The highest BCUT2D eigenvalue weighted by atomic mass is 19.4. The first-order valence-electron chi connectivity index (χ1n) is 9.90. The molecular formula is C15H22F6N10O8. The first-order valence-corrected chi connectivity index (χ1v) is 9.90. The second kappa shape index (κ2) is 17.0. The summed E-state index contributed by atoms with van der Waals surface area (Å²) < 4.78 is 63.5. The molecule has 1 fully saturated rings. The van der Waals surface area contributed by atoms with E-state index in [1.165, 1.54) is 0 Å². The molecule has 0 aromatic carbocycles. The summed E-state index contributed by atoms with van der Waals surface area (Å²) in [6, 6.07) is -1.80. The molecule has 39 heavy (non-hydrogen) atoms. The van der Waals surface area contributed by atoms with E-state index in [4.69, 9.17) is 36.8 Å². The largest absolute Gasteiger partial charge is 0.490 e. The molecule has 0 aliphatic carbocycles. The van der Waals surface area contributed by atoms with Crippen molar-refractivity contribution in [1.82, 2.24) is 16.1 Å². The minimum absolute atomic E-state index is 0.118. The van der Waals surface area contributed by atoms with Gasteiger partial charge in [-0.15, -0.1) is 0 Å². The fraction of sp³-hybridized carbons (Fsp3) is 0.667. The molecule has 1 saturated heterocycles. The van der Waals surface area contributed by atoms with Crippen molar-refractivity contribution in [1.29, 1.82) is 0 Å². The molecule has 0 aromatic heterocycles. The lowest BCUT2D eigenvalue weighted by Crippen LogP contribution is -2.50. The fourth-order valence-corrected chi connectivity index (χ4v) is 2.26. The summed E-state index contributed by atoms with van der Waals surface area (Å²) in [5.41, 5.74) is 20.6. The highest BCUT2D eigenvalue weighted by Crippen LogP contribution is 2.14. The Bertz CT molecular complexity index is 930. The van der Waals surface area contributed by atoms with Crippen LogP contribution in [-0.2, 0) is 19.2 Å². The standard InChI is InChI=1S/C11H20N10O4.2C2HF3O2/c12-9(22)7(2-1-3-15-11(13)19-21(24)25)17-10(23)8-4-6(5-16-8)18-20-14;2*3-2(4,5)1(6)7/h6-8,16H,1-5H2,(H2,12,22)(H,17,23)(H3,13,15,19);2*(H,6,7)/t6-,7+,8-;;/m1../s1. The van der Waals surface area contributed by atoms with Crippen molar-refractivity contribution in [3.05, 3.63) is 20.6 Å². The monoisotopic (exact) mass is 584 g/mol. The fourth-order valence-electron chi connectivity index (χ4n) is 2.26. The molecule has 18 nitrogen and oxygen atoms in total. The molecule has 3 atom stereocenters. The maximum absolute atomic E-state index is 12.1. The average molecular weight is 584 g/mol. The van der Waals surface area contributed by atoms with Crippen LogP contribution in [0.5, 0.6) is 0 Å². The number of carboxylic acids is 2. The molecule has 0 aromatic rings. The summed E-state index contributed by atoms with van der Waals surface area (Å²) in [5.74, 6) is -7.00. The molecular weight excluding hydrogens is 562 g/mol. The zero-order valence-corrected chi connectivity index (χ0v) is 19.3. The topological polar surface area (TPSA) is 301 Å². The van der Waals surface area contributed by atoms with Crippen LogP contribution in [0.3, 0.4) is 0 Å². The number of nitrogens with two attached hydrogens (primary N) is 2. The molecule has 24 heteroatoms. The molecule has 9 N–H and O–H groups in total. The number of amides is 2. The number of rotatable bonds is 9. The van der Waals surface area contributed by atoms with E-state index in [9.17, 15) is 46.0 Å². The molecule has 1 rings (SSSR count). The van der Waals surface area contributed by atoms with Crippen molar-refractivity contribution in [3.8, 4) is 0 Å². The lowest BCUT2D eigenvalue weighted by atomic mass is 10.1. The number of carboxylic acid groups (broad SMARTS) is 2. The maximum atomic E-state index is 12.1. The first kappa shape index (κ1) is 36.6. The van der Waals surface area contributed by atoms with Crippen LogP contribution >= 0.6 is 0 Å². The molecule has 0 saturated carbocycles. The molecule has 0 bridgehead atoms. The van der Waals surface area contributed by atoms with Crippen LogP contribution in [0.2, 0.25) is 0 Å². The lowest BCUT2D eigenvalue weighted by Gasteiger charge is -2.18. The van der Waals surface area contributed by atoms with Gasteiger partial charge in [-0.2, -0.15) is 26.3 Å². The number of hydrogen-bond donors (Lipinski definition) is 7. The van der Waals surface area contributed by atoms with Gasteiger partial charge in [-0.05, 0) is 24.8 Å². The van der Waals surface area contributed by atoms with Crippen LogP contribution in [0.4, 0.5) is 26.3 Å². The SMILES string of the molecule is O=C(O)C(F)(F)F.O=C(O)C(F)(F)F.[N-]=[N+]=N[C@H]1CN[C@@H](C(=O)N[C@@H](CCCN=C(N)N[N+](=O)[O-])C(N)=O)C1.